The molecule has 0 bridgehead atoms. The van der Waals surface area contributed by atoms with E-state index in [1.54, 1.807) is 27.7 Å². The molecule has 0 unspecified atom stereocenters. The zero-order valence-electron chi connectivity index (χ0n) is 32.9. The van der Waals surface area contributed by atoms with Gasteiger partial charge in [0.25, 0.3) is 0 Å². The van der Waals surface area contributed by atoms with Crippen molar-refractivity contribution in [1.82, 2.24) is 10.6 Å². The summed E-state index contributed by atoms with van der Waals surface area (Å²) in [6.07, 6.45) is 32.8. The zero-order valence-corrected chi connectivity index (χ0v) is 34.6. The molecule has 0 saturated heterocycles. The normalized spacial score (nSPS) is 19.5. The van der Waals surface area contributed by atoms with Crippen LogP contribution in [0.25, 0.3) is 0 Å². The van der Waals surface area contributed by atoms with Crippen LogP contribution in [0.2, 0.25) is 0 Å². The number of allylic oxidation sites excluding steroid dienone is 19. The Kier molecular flexibility index (Phi) is 19.2. The SMILES string of the molecule is C=C(/C=C(C)/C=C/C=C(C)/C=C/C1=C(C)CCCC1(C)C)NCCSSCCNC(=O)/C=C(C)/C=C/C=C(C)/C=C/C1=C(C)CCCC1(C)C. The number of carbonyl (C=O) groups excluding carboxylic acids is 1. The first-order valence-corrected chi connectivity index (χ1v) is 20.9. The van der Waals surface area contributed by atoms with Gasteiger partial charge in [0.15, 0.2) is 0 Å². The molecule has 0 spiro atoms. The summed E-state index contributed by atoms with van der Waals surface area (Å²) in [5.74, 6) is 1.78. The monoisotopic (exact) mass is 714 g/mol. The van der Waals surface area contributed by atoms with Gasteiger partial charge in [0.05, 0.1) is 0 Å². The van der Waals surface area contributed by atoms with Gasteiger partial charge in [0, 0.05) is 36.4 Å². The van der Waals surface area contributed by atoms with E-state index in [1.165, 1.54) is 72.0 Å². The number of hydrogen-bond donors (Lipinski definition) is 2. The second kappa shape index (κ2) is 22.1. The third-order valence-corrected chi connectivity index (χ3v) is 11.8. The van der Waals surface area contributed by atoms with Crippen LogP contribution in [0.3, 0.4) is 0 Å². The molecule has 0 fully saturated rings. The van der Waals surface area contributed by atoms with Crippen molar-refractivity contribution in [2.45, 2.75) is 108 Å². The van der Waals surface area contributed by atoms with Gasteiger partial charge in [-0.25, -0.2) is 0 Å². The molecule has 0 saturated carbocycles. The van der Waals surface area contributed by atoms with Gasteiger partial charge in [-0.3, -0.25) is 4.79 Å². The predicted octanol–water partition coefficient (Wildman–Crippen LogP) is 12.7. The third kappa shape index (κ3) is 16.9. The predicted molar refractivity (Wildman–Crippen MR) is 227 cm³/mol. The van der Waals surface area contributed by atoms with Gasteiger partial charge in [-0.15, -0.1) is 0 Å². The highest BCUT2D eigenvalue weighted by molar-refractivity contribution is 8.76. The van der Waals surface area contributed by atoms with Crippen LogP contribution in [-0.2, 0) is 4.79 Å². The highest BCUT2D eigenvalue weighted by Crippen LogP contribution is 2.41. The van der Waals surface area contributed by atoms with Crippen LogP contribution >= 0.6 is 21.6 Å². The Labute approximate surface area is 314 Å². The van der Waals surface area contributed by atoms with Gasteiger partial charge in [0.1, 0.15) is 0 Å². The van der Waals surface area contributed by atoms with Gasteiger partial charge in [-0.05, 0) is 119 Å². The maximum Gasteiger partial charge on any atom is 0.244 e. The molecular formula is C45H66N2OS2. The lowest BCUT2D eigenvalue weighted by Crippen LogP contribution is -2.23. The third-order valence-electron chi connectivity index (χ3n) is 9.41. The fourth-order valence-corrected chi connectivity index (χ4v) is 8.35. The number of rotatable bonds is 18. The lowest BCUT2D eigenvalue weighted by molar-refractivity contribution is -0.116. The van der Waals surface area contributed by atoms with Crippen molar-refractivity contribution in [3.63, 3.8) is 0 Å². The van der Waals surface area contributed by atoms with Crippen molar-refractivity contribution < 1.29 is 4.79 Å². The fourth-order valence-electron chi connectivity index (χ4n) is 6.53. The lowest BCUT2D eigenvalue weighted by atomic mass is 9.72. The summed E-state index contributed by atoms with van der Waals surface area (Å²) in [5, 5.41) is 6.39. The van der Waals surface area contributed by atoms with E-state index in [9.17, 15) is 4.79 Å². The van der Waals surface area contributed by atoms with Gasteiger partial charge < -0.3 is 10.6 Å². The molecule has 1 amide bonds. The average molecular weight is 715 g/mol. The van der Waals surface area contributed by atoms with Gasteiger partial charge in [-0.1, -0.05) is 139 Å². The maximum atomic E-state index is 12.3. The van der Waals surface area contributed by atoms with Crippen molar-refractivity contribution >= 4 is 27.5 Å². The van der Waals surface area contributed by atoms with E-state index >= 15 is 0 Å². The van der Waals surface area contributed by atoms with Crippen molar-refractivity contribution in [2.24, 2.45) is 10.8 Å². The molecule has 50 heavy (non-hydrogen) atoms. The molecule has 0 aromatic carbocycles. The summed E-state index contributed by atoms with van der Waals surface area (Å²) in [7, 11) is 3.58. The average Bonchev–Trinajstić information content (AvgIpc) is 3.01. The summed E-state index contributed by atoms with van der Waals surface area (Å²) < 4.78 is 0. The fraction of sp³-hybridized carbons (Fsp3) is 0.489. The number of hydrogen-bond acceptors (Lipinski definition) is 4. The Morgan fingerprint density at radius 1 is 0.680 bits per heavy atom. The molecule has 2 rings (SSSR count). The van der Waals surface area contributed by atoms with Crippen LogP contribution < -0.4 is 10.6 Å². The molecule has 0 aliphatic heterocycles. The van der Waals surface area contributed by atoms with Gasteiger partial charge in [0.2, 0.25) is 5.91 Å². The molecule has 3 nitrogen and oxygen atoms in total. The van der Waals surface area contributed by atoms with E-state index in [-0.39, 0.29) is 16.7 Å². The smallest absolute Gasteiger partial charge is 0.244 e. The summed E-state index contributed by atoms with van der Waals surface area (Å²) >= 11 is 0. The van der Waals surface area contributed by atoms with E-state index < -0.39 is 0 Å². The first-order valence-electron chi connectivity index (χ1n) is 18.4. The number of carbonyl (C=O) groups is 1. The van der Waals surface area contributed by atoms with E-state index in [0.717, 1.165) is 34.9 Å². The van der Waals surface area contributed by atoms with Crippen LogP contribution in [0, 0.1) is 10.8 Å². The molecular weight excluding hydrogens is 649 g/mol. The lowest BCUT2D eigenvalue weighted by Gasteiger charge is -2.33. The molecule has 274 valence electrons. The molecule has 0 radical (unpaired) electrons. The maximum absolute atomic E-state index is 12.3. The van der Waals surface area contributed by atoms with Crippen molar-refractivity contribution in [3.8, 4) is 0 Å². The number of amides is 1. The Hall–Kier alpha value is -2.89. The van der Waals surface area contributed by atoms with Crippen molar-refractivity contribution in [2.75, 3.05) is 24.6 Å². The first kappa shape index (κ1) is 43.3. The van der Waals surface area contributed by atoms with Gasteiger partial charge >= 0.3 is 0 Å². The van der Waals surface area contributed by atoms with E-state index in [4.69, 9.17) is 0 Å². The largest absolute Gasteiger partial charge is 0.385 e. The Bertz CT molecular complexity index is 1370. The summed E-state index contributed by atoms with van der Waals surface area (Å²) in [6.45, 7) is 27.9. The highest BCUT2D eigenvalue weighted by Gasteiger charge is 2.27. The van der Waals surface area contributed by atoms with E-state index in [2.05, 4.69) is 134 Å². The van der Waals surface area contributed by atoms with E-state index in [0.29, 0.717) is 6.54 Å². The minimum absolute atomic E-state index is 0.0483. The van der Waals surface area contributed by atoms with Crippen LogP contribution in [0.15, 0.2) is 130 Å². The summed E-state index contributed by atoms with van der Waals surface area (Å²) in [5.41, 5.74) is 12.0. The molecule has 0 aromatic rings. The molecule has 2 aliphatic carbocycles. The van der Waals surface area contributed by atoms with Crippen LogP contribution in [-0.4, -0.2) is 30.5 Å². The highest BCUT2D eigenvalue weighted by atomic mass is 33.1. The minimum Gasteiger partial charge on any atom is -0.385 e. The molecule has 2 N–H and O–H groups in total. The van der Waals surface area contributed by atoms with Crippen LogP contribution in [0.4, 0.5) is 0 Å². The quantitative estimate of drug-likeness (QED) is 0.0642. The topological polar surface area (TPSA) is 41.1 Å². The zero-order chi connectivity index (χ0) is 37.2. The van der Waals surface area contributed by atoms with Gasteiger partial charge in [-0.2, -0.15) is 0 Å². The summed E-state index contributed by atoms with van der Waals surface area (Å²) in [4.78, 5) is 12.3. The Morgan fingerprint density at radius 3 is 1.58 bits per heavy atom. The molecule has 0 atom stereocenters. The van der Waals surface area contributed by atoms with E-state index in [1.807, 2.05) is 19.1 Å². The summed E-state index contributed by atoms with van der Waals surface area (Å²) in [6, 6.07) is 0. The molecule has 0 aromatic heterocycles. The van der Waals surface area contributed by atoms with Crippen molar-refractivity contribution in [1.29, 1.82) is 0 Å². The molecule has 0 heterocycles. The Balaban J connectivity index is 1.62. The minimum atomic E-state index is -0.0483. The number of nitrogens with one attached hydrogen (secondary N) is 2. The molecule has 2 aliphatic rings. The second-order valence-corrected chi connectivity index (χ2v) is 17.9. The second-order valence-electron chi connectivity index (χ2n) is 15.2. The van der Waals surface area contributed by atoms with Crippen LogP contribution in [0.1, 0.15) is 108 Å². The standard InChI is InChI=1S/C45H66N2OS2/c1-34(22-24-41-38(5)20-14-26-44(41,8)9)16-12-18-36(3)32-40(7)46-28-30-49-50-31-29-47-43(48)33-37(4)19-13-17-35(2)23-25-42-39(6)21-15-27-45(42,10)11/h12-13,16-19,22-25,32-33,46H,7,14-15,20-21,26-31H2,1-6,8-11H3,(H,47,48)/b18-12+,19-13+,24-22+,25-23+,34-16+,35-17+,36-32+,37-33+. The first-order chi connectivity index (χ1) is 23.6. The van der Waals surface area contributed by atoms with Crippen molar-refractivity contribution in [3.05, 3.63) is 130 Å². The van der Waals surface area contributed by atoms with Crippen LogP contribution in [0.5, 0.6) is 0 Å². The molecule has 5 heteroatoms. The Morgan fingerprint density at radius 2 is 1.12 bits per heavy atom.